The fraction of sp³-hybridized carbons (Fsp3) is 0.462. The van der Waals surface area contributed by atoms with Gasteiger partial charge in [-0.05, 0) is 24.1 Å². The minimum Gasteiger partial charge on any atom is -0.390 e. The predicted octanol–water partition coefficient (Wildman–Crippen LogP) is 1.33. The van der Waals surface area contributed by atoms with Crippen molar-refractivity contribution in [3.05, 3.63) is 29.3 Å². The molecule has 0 bridgehead atoms. The molecule has 0 saturated heterocycles. The first-order valence-corrected chi connectivity index (χ1v) is 6.51. The third-order valence-corrected chi connectivity index (χ3v) is 3.48. The zero-order valence-electron chi connectivity index (χ0n) is 10.3. The Kier molecular flexibility index (Phi) is 4.09. The number of likely N-dealkylation sites (N-methyl/N-ethyl adjacent to an activating group) is 1. The van der Waals surface area contributed by atoms with Gasteiger partial charge in [0.2, 0.25) is 0 Å². The van der Waals surface area contributed by atoms with Gasteiger partial charge in [0.1, 0.15) is 0 Å². The lowest BCUT2D eigenvalue weighted by Gasteiger charge is -2.25. The number of hydrogen-bond acceptors (Lipinski definition) is 3. The Morgan fingerprint density at radius 2 is 2.33 bits per heavy atom. The SMILES string of the molecule is CN1CCc2ccc(NCC(O)CCl)cc2C1=O. The molecule has 0 radical (unpaired) electrons. The highest BCUT2D eigenvalue weighted by atomic mass is 35.5. The van der Waals surface area contributed by atoms with Gasteiger partial charge in [-0.3, -0.25) is 4.79 Å². The zero-order valence-corrected chi connectivity index (χ0v) is 11.1. The lowest BCUT2D eigenvalue weighted by molar-refractivity contribution is 0.0781. The van der Waals surface area contributed by atoms with E-state index in [0.717, 1.165) is 29.8 Å². The summed E-state index contributed by atoms with van der Waals surface area (Å²) in [7, 11) is 1.81. The Bertz CT molecular complexity index is 451. The molecule has 1 aliphatic heterocycles. The molecule has 0 aromatic heterocycles. The number of rotatable bonds is 4. The van der Waals surface area contributed by atoms with Crippen LogP contribution in [0.3, 0.4) is 0 Å². The van der Waals surface area contributed by atoms with Gasteiger partial charge < -0.3 is 15.3 Å². The second kappa shape index (κ2) is 5.59. The van der Waals surface area contributed by atoms with E-state index in [1.54, 1.807) is 4.90 Å². The molecule has 4 nitrogen and oxygen atoms in total. The molecule has 5 heteroatoms. The summed E-state index contributed by atoms with van der Waals surface area (Å²) in [5, 5.41) is 12.5. The fourth-order valence-corrected chi connectivity index (χ4v) is 2.10. The molecule has 1 aromatic rings. The van der Waals surface area contributed by atoms with Crippen molar-refractivity contribution in [2.45, 2.75) is 12.5 Å². The lowest BCUT2D eigenvalue weighted by atomic mass is 9.99. The van der Waals surface area contributed by atoms with Crippen molar-refractivity contribution in [3.8, 4) is 0 Å². The average molecular weight is 269 g/mol. The molecule has 0 aliphatic carbocycles. The predicted molar refractivity (Wildman–Crippen MR) is 72.3 cm³/mol. The van der Waals surface area contributed by atoms with E-state index in [4.69, 9.17) is 11.6 Å². The van der Waals surface area contributed by atoms with Crippen LogP contribution in [0.5, 0.6) is 0 Å². The minimum atomic E-state index is -0.582. The van der Waals surface area contributed by atoms with Gasteiger partial charge in [-0.2, -0.15) is 0 Å². The number of alkyl halides is 1. The first kappa shape index (κ1) is 13.2. The normalized spacial score (nSPS) is 16.4. The molecule has 0 fully saturated rings. The molecular formula is C13H17ClN2O2. The molecule has 18 heavy (non-hydrogen) atoms. The first-order chi connectivity index (χ1) is 8.61. The van der Waals surface area contributed by atoms with Gasteiger partial charge in [0.05, 0.1) is 12.0 Å². The van der Waals surface area contributed by atoms with Crippen LogP contribution < -0.4 is 5.32 Å². The second-order valence-corrected chi connectivity index (χ2v) is 4.85. The van der Waals surface area contributed by atoms with Crippen LogP contribution in [-0.4, -0.2) is 48.0 Å². The van der Waals surface area contributed by atoms with Crippen molar-refractivity contribution in [2.24, 2.45) is 0 Å². The number of carbonyl (C=O) groups is 1. The summed E-state index contributed by atoms with van der Waals surface area (Å²) in [6, 6.07) is 5.74. The van der Waals surface area contributed by atoms with Crippen LogP contribution in [0.15, 0.2) is 18.2 Å². The highest BCUT2D eigenvalue weighted by Crippen LogP contribution is 2.21. The number of fused-ring (bicyclic) bond motifs is 1. The van der Waals surface area contributed by atoms with Crippen molar-refractivity contribution >= 4 is 23.2 Å². The molecule has 98 valence electrons. The number of hydrogen-bond donors (Lipinski definition) is 2. The Labute approximate surface area is 112 Å². The summed E-state index contributed by atoms with van der Waals surface area (Å²) in [5.74, 6) is 0.248. The number of aliphatic hydroxyl groups is 1. The summed E-state index contributed by atoms with van der Waals surface area (Å²) in [5.41, 5.74) is 2.66. The monoisotopic (exact) mass is 268 g/mol. The molecule has 1 aromatic carbocycles. The van der Waals surface area contributed by atoms with Crippen LogP contribution in [0.2, 0.25) is 0 Å². The van der Waals surface area contributed by atoms with Crippen molar-refractivity contribution in [2.75, 3.05) is 31.3 Å². The number of nitrogens with zero attached hydrogens (tertiary/aromatic N) is 1. The molecule has 1 heterocycles. The van der Waals surface area contributed by atoms with Crippen molar-refractivity contribution < 1.29 is 9.90 Å². The zero-order chi connectivity index (χ0) is 13.1. The summed E-state index contributed by atoms with van der Waals surface area (Å²) in [4.78, 5) is 13.7. The van der Waals surface area contributed by atoms with E-state index in [1.807, 2.05) is 25.2 Å². The summed E-state index contributed by atoms with van der Waals surface area (Å²) in [6.07, 6.45) is 0.309. The molecule has 1 atom stereocenters. The maximum Gasteiger partial charge on any atom is 0.253 e. The highest BCUT2D eigenvalue weighted by molar-refractivity contribution is 6.18. The third-order valence-electron chi connectivity index (χ3n) is 3.12. The van der Waals surface area contributed by atoms with Crippen LogP contribution in [0, 0.1) is 0 Å². The van der Waals surface area contributed by atoms with Crippen molar-refractivity contribution in [1.29, 1.82) is 0 Å². The van der Waals surface area contributed by atoms with E-state index >= 15 is 0 Å². The van der Waals surface area contributed by atoms with Gasteiger partial charge in [0.25, 0.3) is 5.91 Å². The van der Waals surface area contributed by atoms with Crippen LogP contribution >= 0.6 is 11.6 Å². The Balaban J connectivity index is 2.13. The van der Waals surface area contributed by atoms with E-state index in [-0.39, 0.29) is 11.8 Å². The minimum absolute atomic E-state index is 0.0535. The molecule has 1 amide bonds. The van der Waals surface area contributed by atoms with Gasteiger partial charge in [-0.25, -0.2) is 0 Å². The van der Waals surface area contributed by atoms with Gasteiger partial charge in [0, 0.05) is 31.4 Å². The summed E-state index contributed by atoms with van der Waals surface area (Å²) < 4.78 is 0. The van der Waals surface area contributed by atoms with E-state index in [0.29, 0.717) is 6.54 Å². The fourth-order valence-electron chi connectivity index (χ4n) is 1.99. The molecular weight excluding hydrogens is 252 g/mol. The van der Waals surface area contributed by atoms with E-state index in [1.165, 1.54) is 0 Å². The Morgan fingerprint density at radius 3 is 3.06 bits per heavy atom. The van der Waals surface area contributed by atoms with E-state index < -0.39 is 6.10 Å². The average Bonchev–Trinajstić information content (AvgIpc) is 2.40. The van der Waals surface area contributed by atoms with Gasteiger partial charge in [0.15, 0.2) is 0 Å². The molecule has 0 saturated carbocycles. The van der Waals surface area contributed by atoms with Gasteiger partial charge in [-0.1, -0.05) is 6.07 Å². The number of anilines is 1. The molecule has 2 rings (SSSR count). The van der Waals surface area contributed by atoms with Gasteiger partial charge >= 0.3 is 0 Å². The van der Waals surface area contributed by atoms with E-state index in [2.05, 4.69) is 5.32 Å². The Hall–Kier alpha value is -1.26. The summed E-state index contributed by atoms with van der Waals surface area (Å²) in [6.45, 7) is 1.15. The highest BCUT2D eigenvalue weighted by Gasteiger charge is 2.21. The second-order valence-electron chi connectivity index (χ2n) is 4.54. The molecule has 1 aliphatic rings. The number of carbonyl (C=O) groups excluding carboxylic acids is 1. The number of nitrogens with one attached hydrogen (secondary N) is 1. The first-order valence-electron chi connectivity index (χ1n) is 5.98. The molecule has 0 spiro atoms. The summed E-state index contributed by atoms with van der Waals surface area (Å²) >= 11 is 5.53. The van der Waals surface area contributed by atoms with Crippen molar-refractivity contribution in [3.63, 3.8) is 0 Å². The number of amides is 1. The largest absolute Gasteiger partial charge is 0.390 e. The molecule has 1 unspecified atom stereocenters. The van der Waals surface area contributed by atoms with Crippen molar-refractivity contribution in [1.82, 2.24) is 4.90 Å². The maximum absolute atomic E-state index is 12.0. The number of aliphatic hydroxyl groups excluding tert-OH is 1. The van der Waals surface area contributed by atoms with Gasteiger partial charge in [-0.15, -0.1) is 11.6 Å². The standard InChI is InChI=1S/C13H17ClN2O2/c1-16-5-4-9-2-3-10(6-12(9)13(16)18)15-8-11(17)7-14/h2-3,6,11,15,17H,4-5,7-8H2,1H3. The van der Waals surface area contributed by atoms with Crippen LogP contribution in [0.1, 0.15) is 15.9 Å². The van der Waals surface area contributed by atoms with Crippen LogP contribution in [-0.2, 0) is 6.42 Å². The Morgan fingerprint density at radius 1 is 1.56 bits per heavy atom. The number of benzene rings is 1. The molecule has 2 N–H and O–H groups in total. The third kappa shape index (κ3) is 2.76. The maximum atomic E-state index is 12.0. The van der Waals surface area contributed by atoms with E-state index in [9.17, 15) is 9.90 Å². The smallest absolute Gasteiger partial charge is 0.253 e. The topological polar surface area (TPSA) is 52.6 Å². The van der Waals surface area contributed by atoms with Crippen LogP contribution in [0.25, 0.3) is 0 Å². The quantitative estimate of drug-likeness (QED) is 0.810. The van der Waals surface area contributed by atoms with Crippen LogP contribution in [0.4, 0.5) is 5.69 Å². The lowest BCUT2D eigenvalue weighted by Crippen LogP contribution is -2.34. The number of halogens is 1.